The third kappa shape index (κ3) is 16.7. The van der Waals surface area contributed by atoms with Gasteiger partial charge in [0.1, 0.15) is 0 Å². The van der Waals surface area contributed by atoms with E-state index in [1.807, 2.05) is 0 Å². The van der Waals surface area contributed by atoms with Crippen LogP contribution in [0.4, 0.5) is 0 Å². The Kier molecular flexibility index (Phi) is 24.5. The van der Waals surface area contributed by atoms with E-state index < -0.39 is 0 Å². The summed E-state index contributed by atoms with van der Waals surface area (Å²) in [6, 6.07) is 0. The maximum absolute atomic E-state index is 6.57. The minimum Gasteiger partial charge on any atom is -0.379 e. The van der Waals surface area contributed by atoms with E-state index in [-0.39, 0.29) is 6.10 Å². The summed E-state index contributed by atoms with van der Waals surface area (Å²) in [5, 5.41) is 0. The van der Waals surface area contributed by atoms with Crippen molar-refractivity contribution >= 4 is 0 Å². The first-order valence-corrected chi connectivity index (χ1v) is 29.7. The first kappa shape index (κ1) is 54.6. The van der Waals surface area contributed by atoms with Crippen molar-refractivity contribution in [3.63, 3.8) is 0 Å². The molecule has 0 radical (unpaired) electrons. The Morgan fingerprint density at radius 3 is 2.18 bits per heavy atom. The summed E-state index contributed by atoms with van der Waals surface area (Å²) >= 11 is 0. The van der Waals surface area contributed by atoms with Gasteiger partial charge in [0, 0.05) is 19.7 Å². The molecule has 0 amide bonds. The van der Waals surface area contributed by atoms with E-state index in [4.69, 9.17) is 18.9 Å². The van der Waals surface area contributed by atoms with E-state index in [1.165, 1.54) is 199 Å². The normalized spacial score (nSPS) is 32.2. The minimum atomic E-state index is 0.121. The highest BCUT2D eigenvalue weighted by Gasteiger charge is 2.59. The summed E-state index contributed by atoms with van der Waals surface area (Å²) in [7, 11) is 0. The molecule has 5 nitrogen and oxygen atoms in total. The number of nitrogens with zero attached hydrogens (tertiary/aromatic N) is 1. The average Bonchev–Trinajstić information content (AvgIpc) is 3.68. The Bertz CT molecular complexity index is 1360. The topological polar surface area (TPSA) is 40.2 Å². The molecule has 1 heterocycles. The van der Waals surface area contributed by atoms with Crippen molar-refractivity contribution in [3.8, 4) is 0 Å². The van der Waals surface area contributed by atoms with Crippen LogP contribution in [-0.2, 0) is 18.9 Å². The van der Waals surface area contributed by atoms with Gasteiger partial charge in [-0.15, -0.1) is 0 Å². The van der Waals surface area contributed by atoms with Gasteiger partial charge in [-0.05, 0) is 161 Å². The Hall–Kier alpha value is -0.720. The lowest BCUT2D eigenvalue weighted by molar-refractivity contribution is -0.0751. The molecule has 0 aromatic rings. The van der Waals surface area contributed by atoms with Crippen LogP contribution >= 0.6 is 0 Å². The maximum Gasteiger partial charge on any atom is 0.0936 e. The second kappa shape index (κ2) is 29.6. The first-order valence-electron chi connectivity index (χ1n) is 29.7. The van der Waals surface area contributed by atoms with Crippen molar-refractivity contribution in [2.45, 2.75) is 246 Å². The highest BCUT2D eigenvalue weighted by molar-refractivity contribution is 5.25. The summed E-state index contributed by atoms with van der Waals surface area (Å²) < 4.78 is 25.6. The number of unbranched alkanes of at least 4 members (excludes halogenated alkanes) is 12. The zero-order valence-corrected chi connectivity index (χ0v) is 44.7. The van der Waals surface area contributed by atoms with Crippen molar-refractivity contribution in [1.29, 1.82) is 0 Å². The number of hydrogen-bond acceptors (Lipinski definition) is 5. The smallest absolute Gasteiger partial charge is 0.0936 e. The maximum atomic E-state index is 6.57. The predicted octanol–water partition coefficient (Wildman–Crippen LogP) is 16.4. The van der Waals surface area contributed by atoms with Gasteiger partial charge in [-0.25, -0.2) is 0 Å². The van der Waals surface area contributed by atoms with E-state index in [2.05, 4.69) is 64.7 Å². The average molecular weight is 921 g/mol. The molecule has 3 unspecified atom stereocenters. The number of ether oxygens (including phenoxy) is 4. The highest BCUT2D eigenvalue weighted by Crippen LogP contribution is 2.67. The van der Waals surface area contributed by atoms with Gasteiger partial charge < -0.3 is 23.8 Å². The van der Waals surface area contributed by atoms with E-state index in [9.17, 15) is 0 Å². The van der Waals surface area contributed by atoms with Crippen LogP contribution in [0.25, 0.3) is 0 Å². The van der Waals surface area contributed by atoms with Crippen LogP contribution in [-0.4, -0.2) is 76.4 Å². The van der Waals surface area contributed by atoms with Gasteiger partial charge >= 0.3 is 0 Å². The van der Waals surface area contributed by atoms with E-state index in [0.29, 0.717) is 50.0 Å². The molecule has 6 rings (SSSR count). The second-order valence-electron chi connectivity index (χ2n) is 24.5. The van der Waals surface area contributed by atoms with Crippen LogP contribution in [0.1, 0.15) is 234 Å². The SMILES string of the molecule is CCCCCCCCC=CCCCCCCCCOCC(CN1CC[C@H]2CCCC[C@H]2C1)OCCOCCO[C@H]1CC[C@@]2(C)C(=CC[C@@H]3C2CC[C@@]2(C)C3CC[C@H]2[C@H](C)CCCC(C)C)C1. The molecule has 382 valence electrons. The molecule has 5 fully saturated rings. The van der Waals surface area contributed by atoms with Crippen LogP contribution < -0.4 is 0 Å². The van der Waals surface area contributed by atoms with Gasteiger partial charge in [0.2, 0.25) is 0 Å². The zero-order chi connectivity index (χ0) is 46.5. The second-order valence-corrected chi connectivity index (χ2v) is 24.5. The molecule has 5 heteroatoms. The van der Waals surface area contributed by atoms with E-state index in [0.717, 1.165) is 66.9 Å². The van der Waals surface area contributed by atoms with E-state index in [1.54, 1.807) is 5.57 Å². The third-order valence-electron chi connectivity index (χ3n) is 19.4. The molecule has 11 atom stereocenters. The Morgan fingerprint density at radius 1 is 0.682 bits per heavy atom. The molecule has 0 aromatic heterocycles. The van der Waals surface area contributed by atoms with Crippen molar-refractivity contribution in [1.82, 2.24) is 4.90 Å². The fourth-order valence-electron chi connectivity index (χ4n) is 15.4. The molecular formula is C61H109NO4. The van der Waals surface area contributed by atoms with Crippen LogP contribution in [0.5, 0.6) is 0 Å². The van der Waals surface area contributed by atoms with Gasteiger partial charge in [-0.1, -0.05) is 162 Å². The first-order chi connectivity index (χ1) is 32.2. The molecule has 5 aliphatic carbocycles. The predicted molar refractivity (Wildman–Crippen MR) is 280 cm³/mol. The summed E-state index contributed by atoms with van der Waals surface area (Å²) in [6.07, 6.45) is 49.0. The molecule has 4 saturated carbocycles. The molecule has 66 heavy (non-hydrogen) atoms. The minimum absolute atomic E-state index is 0.121. The standard InChI is InChI=1S/C61H109NO4/c1-7-8-9-10-11-12-13-14-15-16-17-18-19-20-21-24-40-64-48-55(47-62-39-36-51-28-22-23-29-52(51)46-62)66-44-42-63-41-43-65-54-34-37-60(5)53(45-54)30-31-56-58-33-32-57(50(4)27-25-26-49(2)3)61(58,6)38-35-59(56)60/h14-15,30,49-52,54-59H,7-13,16-29,31-48H2,1-6H3/t50-,51-,52+,54+,55?,56+,57+,58?,59?,60+,61-/m1/s1. The Balaban J connectivity index is 0.833. The lowest BCUT2D eigenvalue weighted by atomic mass is 9.47. The fraction of sp³-hybridized carbons (Fsp3) is 0.934. The van der Waals surface area contributed by atoms with Crippen LogP contribution in [0, 0.1) is 58.2 Å². The van der Waals surface area contributed by atoms with Crippen LogP contribution in [0.15, 0.2) is 23.8 Å². The number of allylic oxidation sites excluding steroid dienone is 3. The summed E-state index contributed by atoms with van der Waals surface area (Å²) in [5.74, 6) is 7.23. The van der Waals surface area contributed by atoms with Crippen molar-refractivity contribution in [2.75, 3.05) is 59.3 Å². The molecule has 0 aromatic carbocycles. The number of fused-ring (bicyclic) bond motifs is 6. The van der Waals surface area contributed by atoms with Crippen molar-refractivity contribution in [2.24, 2.45) is 58.2 Å². The van der Waals surface area contributed by atoms with Crippen molar-refractivity contribution in [3.05, 3.63) is 23.8 Å². The van der Waals surface area contributed by atoms with Gasteiger partial charge in [0.15, 0.2) is 0 Å². The highest BCUT2D eigenvalue weighted by atomic mass is 16.6. The largest absolute Gasteiger partial charge is 0.379 e. The number of rotatable bonds is 33. The molecule has 0 N–H and O–H groups in total. The molecule has 1 saturated heterocycles. The monoisotopic (exact) mass is 920 g/mol. The zero-order valence-electron chi connectivity index (χ0n) is 44.7. The summed E-state index contributed by atoms with van der Waals surface area (Å²) in [5.41, 5.74) is 2.69. The van der Waals surface area contributed by atoms with Crippen LogP contribution in [0.3, 0.4) is 0 Å². The Morgan fingerprint density at radius 2 is 1.41 bits per heavy atom. The molecule has 0 spiro atoms. The van der Waals surface area contributed by atoms with Crippen molar-refractivity contribution < 1.29 is 18.9 Å². The van der Waals surface area contributed by atoms with Gasteiger partial charge in [-0.2, -0.15) is 0 Å². The molecule has 0 bridgehead atoms. The lowest BCUT2D eigenvalue weighted by Gasteiger charge is -2.58. The summed E-state index contributed by atoms with van der Waals surface area (Å²) in [4.78, 5) is 2.70. The van der Waals surface area contributed by atoms with E-state index >= 15 is 0 Å². The van der Waals surface area contributed by atoms with Gasteiger partial charge in [0.05, 0.1) is 45.2 Å². The number of piperidine rings is 1. The quantitative estimate of drug-likeness (QED) is 0.0485. The number of hydrogen-bond donors (Lipinski definition) is 0. The third-order valence-corrected chi connectivity index (χ3v) is 19.4. The lowest BCUT2D eigenvalue weighted by Crippen LogP contribution is -2.51. The summed E-state index contributed by atoms with van der Waals surface area (Å²) in [6.45, 7) is 22.7. The molecule has 6 aliphatic rings. The Labute approximate surface area is 409 Å². The van der Waals surface area contributed by atoms with Gasteiger partial charge in [0.25, 0.3) is 0 Å². The molecule has 1 aliphatic heterocycles. The molecular weight excluding hydrogens is 811 g/mol. The number of likely N-dealkylation sites (tertiary alicyclic amines) is 1. The fourth-order valence-corrected chi connectivity index (χ4v) is 15.4. The van der Waals surface area contributed by atoms with Gasteiger partial charge in [-0.3, -0.25) is 0 Å². The van der Waals surface area contributed by atoms with Crippen LogP contribution in [0.2, 0.25) is 0 Å².